The molecule has 1 aliphatic rings. The summed E-state index contributed by atoms with van der Waals surface area (Å²) < 4.78 is 16.5. The van der Waals surface area contributed by atoms with Gasteiger partial charge in [0.25, 0.3) is 0 Å². The number of hydrogen-bond acceptors (Lipinski definition) is 6. The van der Waals surface area contributed by atoms with Gasteiger partial charge in [-0.05, 0) is 6.42 Å². The zero-order chi connectivity index (χ0) is 15.1. The van der Waals surface area contributed by atoms with Gasteiger partial charge < -0.3 is 15.0 Å². The smallest absolute Gasteiger partial charge is 0.185 e. The molecule has 7 heteroatoms. The van der Waals surface area contributed by atoms with E-state index in [-0.39, 0.29) is 0 Å². The third-order valence-corrected chi connectivity index (χ3v) is 5.90. The van der Waals surface area contributed by atoms with E-state index < -0.39 is 10.8 Å². The molecule has 2 rings (SSSR count). The van der Waals surface area contributed by atoms with E-state index in [4.69, 9.17) is 9.72 Å². The highest BCUT2D eigenvalue weighted by Crippen LogP contribution is 2.28. The highest BCUT2D eigenvalue weighted by Gasteiger charge is 2.20. The lowest BCUT2D eigenvalue weighted by molar-refractivity contribution is 0.199. The van der Waals surface area contributed by atoms with Crippen molar-refractivity contribution in [3.05, 3.63) is 10.6 Å². The lowest BCUT2D eigenvalue weighted by Gasteiger charge is -2.25. The van der Waals surface area contributed by atoms with Crippen LogP contribution < -0.4 is 10.2 Å². The first-order valence-corrected chi connectivity index (χ1v) is 9.83. The van der Waals surface area contributed by atoms with Gasteiger partial charge in [0, 0.05) is 60.5 Å². The number of methoxy groups -OCH3 is 1. The molecule has 2 heterocycles. The van der Waals surface area contributed by atoms with Crippen molar-refractivity contribution in [2.75, 3.05) is 49.8 Å². The van der Waals surface area contributed by atoms with Crippen LogP contribution in [-0.2, 0) is 28.5 Å². The van der Waals surface area contributed by atoms with Gasteiger partial charge in [-0.3, -0.25) is 4.21 Å². The standard InChI is InChI=1S/C14H25N3O2S2/c1-3-4-12-13(11-15-5-8-19-2)20-14(16-12)17-6-9-21(18)10-7-17/h15H,3-11H2,1-2H3. The van der Waals surface area contributed by atoms with Crippen LogP contribution in [0.5, 0.6) is 0 Å². The van der Waals surface area contributed by atoms with Crippen LogP contribution in [0.2, 0.25) is 0 Å². The van der Waals surface area contributed by atoms with Gasteiger partial charge in [-0.25, -0.2) is 4.98 Å². The zero-order valence-corrected chi connectivity index (χ0v) is 14.5. The number of nitrogens with one attached hydrogen (secondary N) is 1. The third kappa shape index (κ3) is 5.02. The summed E-state index contributed by atoms with van der Waals surface area (Å²) in [6.07, 6.45) is 2.13. The quantitative estimate of drug-likeness (QED) is 0.730. The molecule has 1 N–H and O–H groups in total. The normalized spacial score (nSPS) is 16.6. The molecule has 0 amide bonds. The molecule has 1 fully saturated rings. The van der Waals surface area contributed by atoms with Crippen LogP contribution in [-0.4, -0.2) is 54.0 Å². The number of thiazole rings is 1. The van der Waals surface area contributed by atoms with Crippen molar-refractivity contribution in [1.82, 2.24) is 10.3 Å². The number of aromatic nitrogens is 1. The minimum absolute atomic E-state index is 0.635. The summed E-state index contributed by atoms with van der Waals surface area (Å²) in [7, 11) is 1.08. The highest BCUT2D eigenvalue weighted by molar-refractivity contribution is 7.85. The number of nitrogens with zero attached hydrogens (tertiary/aromatic N) is 2. The molecule has 0 bridgehead atoms. The Kier molecular flexibility index (Phi) is 7.09. The molecule has 1 aromatic heterocycles. The molecule has 0 radical (unpaired) electrons. The van der Waals surface area contributed by atoms with E-state index in [1.807, 2.05) is 0 Å². The van der Waals surface area contributed by atoms with Gasteiger partial charge in [0.05, 0.1) is 12.3 Å². The second-order valence-corrected chi connectivity index (χ2v) is 7.88. The summed E-state index contributed by atoms with van der Waals surface area (Å²) in [5, 5.41) is 4.50. The summed E-state index contributed by atoms with van der Waals surface area (Å²) in [6.45, 7) is 6.36. The van der Waals surface area contributed by atoms with Crippen LogP contribution in [0.1, 0.15) is 23.9 Å². The van der Waals surface area contributed by atoms with E-state index in [1.165, 1.54) is 10.6 Å². The van der Waals surface area contributed by atoms with Crippen LogP contribution in [0.25, 0.3) is 0 Å². The summed E-state index contributed by atoms with van der Waals surface area (Å²) in [6, 6.07) is 0. The Bertz CT molecular complexity index is 455. The first-order valence-electron chi connectivity index (χ1n) is 7.52. The highest BCUT2D eigenvalue weighted by atomic mass is 32.2. The molecular weight excluding hydrogens is 306 g/mol. The fourth-order valence-corrected chi connectivity index (χ4v) is 4.46. The monoisotopic (exact) mass is 331 g/mol. The van der Waals surface area contributed by atoms with E-state index in [9.17, 15) is 4.21 Å². The Labute approximate surface area is 133 Å². The van der Waals surface area contributed by atoms with Crippen LogP contribution in [0, 0.1) is 0 Å². The largest absolute Gasteiger partial charge is 0.383 e. The van der Waals surface area contributed by atoms with Gasteiger partial charge in [-0.2, -0.15) is 0 Å². The first kappa shape index (κ1) is 16.9. The summed E-state index contributed by atoms with van der Waals surface area (Å²) in [5.41, 5.74) is 1.22. The number of ether oxygens (including phenoxy) is 1. The fourth-order valence-electron chi connectivity index (χ4n) is 2.28. The number of rotatable bonds is 8. The summed E-state index contributed by atoms with van der Waals surface area (Å²) in [4.78, 5) is 8.43. The lowest BCUT2D eigenvalue weighted by atomic mass is 10.2. The molecule has 120 valence electrons. The van der Waals surface area contributed by atoms with Gasteiger partial charge in [-0.15, -0.1) is 11.3 Å². The molecule has 0 saturated carbocycles. The molecular formula is C14H25N3O2S2. The second kappa shape index (κ2) is 8.82. The van der Waals surface area contributed by atoms with Crippen LogP contribution >= 0.6 is 11.3 Å². The lowest BCUT2D eigenvalue weighted by Crippen LogP contribution is -2.37. The molecule has 0 atom stereocenters. The molecule has 0 unspecified atom stereocenters. The maximum Gasteiger partial charge on any atom is 0.185 e. The Balaban J connectivity index is 1.99. The van der Waals surface area contributed by atoms with Crippen molar-refractivity contribution in [3.63, 3.8) is 0 Å². The SMILES string of the molecule is CCCc1nc(N2CCS(=O)CC2)sc1CNCCOC. The molecule has 0 spiro atoms. The van der Waals surface area contributed by atoms with Crippen molar-refractivity contribution in [2.45, 2.75) is 26.3 Å². The maximum absolute atomic E-state index is 11.5. The van der Waals surface area contributed by atoms with Gasteiger partial charge in [0.1, 0.15) is 0 Å². The number of aryl methyl sites for hydroxylation is 1. The van der Waals surface area contributed by atoms with Crippen molar-refractivity contribution >= 4 is 27.3 Å². The molecule has 5 nitrogen and oxygen atoms in total. The zero-order valence-electron chi connectivity index (χ0n) is 12.9. The first-order chi connectivity index (χ1) is 10.2. The van der Waals surface area contributed by atoms with Crippen LogP contribution in [0.4, 0.5) is 5.13 Å². The van der Waals surface area contributed by atoms with Crippen molar-refractivity contribution in [1.29, 1.82) is 0 Å². The minimum Gasteiger partial charge on any atom is -0.383 e. The Morgan fingerprint density at radius 1 is 1.43 bits per heavy atom. The van der Waals surface area contributed by atoms with Crippen LogP contribution in [0.15, 0.2) is 0 Å². The molecule has 0 aromatic carbocycles. The van der Waals surface area contributed by atoms with E-state index in [0.29, 0.717) is 0 Å². The van der Waals surface area contributed by atoms with Crippen molar-refractivity contribution < 1.29 is 8.95 Å². The predicted octanol–water partition coefficient (Wildman–Crippen LogP) is 1.40. The van der Waals surface area contributed by atoms with Crippen molar-refractivity contribution in [2.24, 2.45) is 0 Å². The average Bonchev–Trinajstić information content (AvgIpc) is 2.88. The number of hydrogen-bond donors (Lipinski definition) is 1. The van der Waals surface area contributed by atoms with Gasteiger partial charge in [0.2, 0.25) is 0 Å². The second-order valence-electron chi connectivity index (χ2n) is 5.12. The summed E-state index contributed by atoms with van der Waals surface area (Å²) in [5.74, 6) is 1.54. The van der Waals surface area contributed by atoms with Crippen molar-refractivity contribution in [3.8, 4) is 0 Å². The van der Waals surface area contributed by atoms with Gasteiger partial charge in [0.15, 0.2) is 5.13 Å². The van der Waals surface area contributed by atoms with E-state index in [0.717, 1.165) is 62.3 Å². The summed E-state index contributed by atoms with van der Waals surface area (Å²) >= 11 is 1.78. The molecule has 1 aromatic rings. The van der Waals surface area contributed by atoms with E-state index in [2.05, 4.69) is 17.1 Å². The van der Waals surface area contributed by atoms with Crippen LogP contribution in [0.3, 0.4) is 0 Å². The average molecular weight is 332 g/mol. The minimum atomic E-state index is -0.635. The maximum atomic E-state index is 11.5. The van der Waals surface area contributed by atoms with E-state index >= 15 is 0 Å². The molecule has 1 saturated heterocycles. The fraction of sp³-hybridized carbons (Fsp3) is 0.786. The topological polar surface area (TPSA) is 54.5 Å². The molecule has 0 aliphatic carbocycles. The third-order valence-electron chi connectivity index (χ3n) is 3.47. The Morgan fingerprint density at radius 2 is 2.19 bits per heavy atom. The predicted molar refractivity (Wildman–Crippen MR) is 89.8 cm³/mol. The number of anilines is 1. The Morgan fingerprint density at radius 3 is 2.86 bits per heavy atom. The molecule has 1 aliphatic heterocycles. The Hall–Kier alpha value is -0.500. The van der Waals surface area contributed by atoms with E-state index in [1.54, 1.807) is 18.4 Å². The van der Waals surface area contributed by atoms with Gasteiger partial charge in [-0.1, -0.05) is 13.3 Å². The molecule has 21 heavy (non-hydrogen) atoms. The van der Waals surface area contributed by atoms with Gasteiger partial charge >= 0.3 is 0 Å².